The summed E-state index contributed by atoms with van der Waals surface area (Å²) in [4.78, 5) is 12.0. The molecule has 1 saturated carbocycles. The van der Waals surface area contributed by atoms with E-state index in [9.17, 15) is 13.2 Å². The van der Waals surface area contributed by atoms with E-state index in [4.69, 9.17) is 4.74 Å². The van der Waals surface area contributed by atoms with Gasteiger partial charge in [-0.2, -0.15) is 0 Å². The van der Waals surface area contributed by atoms with Gasteiger partial charge in [-0.25, -0.2) is 13.1 Å². The first kappa shape index (κ1) is 16.2. The van der Waals surface area contributed by atoms with E-state index in [1.54, 1.807) is 12.1 Å². The van der Waals surface area contributed by atoms with Gasteiger partial charge in [0, 0.05) is 31.6 Å². The topological polar surface area (TPSA) is 84.5 Å². The van der Waals surface area contributed by atoms with E-state index in [1.807, 2.05) is 0 Å². The molecule has 1 heterocycles. The van der Waals surface area contributed by atoms with E-state index in [0.29, 0.717) is 24.9 Å². The number of carbonyl (C=O) groups excluding carboxylic acids is 1. The summed E-state index contributed by atoms with van der Waals surface area (Å²) in [5.74, 6) is 0.0220. The molecule has 2 N–H and O–H groups in total. The summed E-state index contributed by atoms with van der Waals surface area (Å²) >= 11 is 0. The second-order valence-electron chi connectivity index (χ2n) is 7.00. The number of sulfonamides is 1. The Morgan fingerprint density at radius 1 is 1.29 bits per heavy atom. The van der Waals surface area contributed by atoms with Crippen molar-refractivity contribution in [2.45, 2.75) is 48.7 Å². The summed E-state index contributed by atoms with van der Waals surface area (Å²) in [6.45, 7) is 1.73. The smallest absolute Gasteiger partial charge is 0.240 e. The van der Waals surface area contributed by atoms with Crippen molar-refractivity contribution in [3.8, 4) is 0 Å². The fourth-order valence-electron chi connectivity index (χ4n) is 3.75. The molecule has 6 nitrogen and oxygen atoms in total. The Labute approximate surface area is 142 Å². The van der Waals surface area contributed by atoms with Crippen LogP contribution in [0.5, 0.6) is 0 Å². The normalized spacial score (nSPS) is 25.5. The summed E-state index contributed by atoms with van der Waals surface area (Å²) in [6.07, 6.45) is 4.25. The van der Waals surface area contributed by atoms with E-state index in [2.05, 4.69) is 10.0 Å². The van der Waals surface area contributed by atoms with Crippen LogP contribution in [-0.4, -0.2) is 45.5 Å². The highest BCUT2D eigenvalue weighted by Gasteiger charge is 2.42. The van der Waals surface area contributed by atoms with Gasteiger partial charge in [-0.1, -0.05) is 6.07 Å². The number of fused-ring (bicyclic) bond motifs is 1. The van der Waals surface area contributed by atoms with Gasteiger partial charge in [-0.3, -0.25) is 4.79 Å². The SMILES string of the molecule is O=C1CCc2ccc(S(=O)(=O)NCC3CNCC4(CCC4)O3)cc21. The maximum atomic E-state index is 12.5. The lowest BCUT2D eigenvalue weighted by molar-refractivity contribution is -0.154. The largest absolute Gasteiger partial charge is 0.368 e. The molecule has 1 aromatic rings. The van der Waals surface area contributed by atoms with Crippen LogP contribution in [0.25, 0.3) is 0 Å². The second kappa shape index (κ2) is 5.91. The van der Waals surface area contributed by atoms with E-state index < -0.39 is 10.0 Å². The van der Waals surface area contributed by atoms with Gasteiger partial charge in [0.25, 0.3) is 0 Å². The van der Waals surface area contributed by atoms with Crippen LogP contribution in [0.2, 0.25) is 0 Å². The van der Waals surface area contributed by atoms with Crippen LogP contribution in [0.15, 0.2) is 23.1 Å². The molecule has 4 rings (SSSR count). The molecule has 7 heteroatoms. The fourth-order valence-corrected chi connectivity index (χ4v) is 4.84. The van der Waals surface area contributed by atoms with Crippen molar-refractivity contribution >= 4 is 15.8 Å². The molecule has 0 radical (unpaired) electrons. The Morgan fingerprint density at radius 3 is 2.88 bits per heavy atom. The number of aryl methyl sites for hydroxylation is 1. The van der Waals surface area contributed by atoms with Crippen LogP contribution in [0.4, 0.5) is 0 Å². The maximum Gasteiger partial charge on any atom is 0.240 e. The number of hydrogen-bond donors (Lipinski definition) is 2. The van der Waals surface area contributed by atoms with E-state index in [1.165, 1.54) is 12.5 Å². The molecule has 3 aliphatic rings. The van der Waals surface area contributed by atoms with Gasteiger partial charge in [0.15, 0.2) is 5.78 Å². The van der Waals surface area contributed by atoms with Gasteiger partial charge in [0.1, 0.15) is 0 Å². The molecule has 1 atom stereocenters. The molecule has 2 aliphatic carbocycles. The third-order valence-corrected chi connectivity index (χ3v) is 6.74. The Morgan fingerprint density at radius 2 is 2.12 bits per heavy atom. The van der Waals surface area contributed by atoms with Crippen molar-refractivity contribution in [1.82, 2.24) is 10.0 Å². The van der Waals surface area contributed by atoms with Gasteiger partial charge in [-0.15, -0.1) is 0 Å². The summed E-state index contributed by atoms with van der Waals surface area (Å²) in [5.41, 5.74) is 1.39. The third kappa shape index (κ3) is 2.90. The number of morpholine rings is 1. The van der Waals surface area contributed by atoms with Crippen LogP contribution in [0.1, 0.15) is 41.6 Å². The number of ketones is 1. The molecule has 1 saturated heterocycles. The van der Waals surface area contributed by atoms with Gasteiger partial charge in [-0.05, 0) is 43.4 Å². The Hall–Kier alpha value is -1.28. The Kier molecular flexibility index (Phi) is 3.99. The zero-order valence-corrected chi connectivity index (χ0v) is 14.3. The quantitative estimate of drug-likeness (QED) is 0.846. The average molecular weight is 350 g/mol. The molecule has 24 heavy (non-hydrogen) atoms. The number of hydrogen-bond acceptors (Lipinski definition) is 5. The predicted octanol–water partition coefficient (Wildman–Crippen LogP) is 1.00. The summed E-state index contributed by atoms with van der Waals surface area (Å²) in [5, 5.41) is 3.34. The molecule has 0 bridgehead atoms. The molecule has 1 unspecified atom stereocenters. The zero-order chi connectivity index (χ0) is 16.8. The number of nitrogens with one attached hydrogen (secondary N) is 2. The number of Topliss-reactive ketones (excluding diaryl/α,β-unsaturated/α-hetero) is 1. The molecule has 1 aliphatic heterocycles. The highest BCUT2D eigenvalue weighted by Crippen LogP contribution is 2.37. The Bertz CT molecular complexity index is 771. The van der Waals surface area contributed by atoms with Crippen LogP contribution in [0.3, 0.4) is 0 Å². The average Bonchev–Trinajstić information content (AvgIpc) is 2.93. The third-order valence-electron chi connectivity index (χ3n) is 5.32. The lowest BCUT2D eigenvalue weighted by Gasteiger charge is -2.47. The predicted molar refractivity (Wildman–Crippen MR) is 88.6 cm³/mol. The van der Waals surface area contributed by atoms with Crippen LogP contribution in [0, 0.1) is 0 Å². The lowest BCUT2D eigenvalue weighted by atomic mass is 9.79. The molecule has 130 valence electrons. The zero-order valence-electron chi connectivity index (χ0n) is 13.5. The van der Waals surface area contributed by atoms with Gasteiger partial charge >= 0.3 is 0 Å². The van der Waals surface area contributed by atoms with Crippen LogP contribution >= 0.6 is 0 Å². The molecular weight excluding hydrogens is 328 g/mol. The molecule has 2 fully saturated rings. The minimum absolute atomic E-state index is 0.0220. The summed E-state index contributed by atoms with van der Waals surface area (Å²) < 4.78 is 33.8. The first-order chi connectivity index (χ1) is 11.5. The maximum absolute atomic E-state index is 12.5. The van der Waals surface area contributed by atoms with Crippen molar-refractivity contribution in [2.24, 2.45) is 0 Å². The first-order valence-electron chi connectivity index (χ1n) is 8.52. The summed E-state index contributed by atoms with van der Waals surface area (Å²) in [6, 6.07) is 4.82. The lowest BCUT2D eigenvalue weighted by Crippen LogP contribution is -2.59. The standard InChI is InChI=1S/C17H22N2O4S/c20-16-5-3-12-2-4-14(8-15(12)16)24(21,22)19-10-13-9-18-11-17(23-13)6-1-7-17/h2,4,8,13,18-19H,1,3,5-7,9-11H2. The monoisotopic (exact) mass is 350 g/mol. The van der Waals surface area contributed by atoms with E-state index >= 15 is 0 Å². The number of benzene rings is 1. The molecule has 1 spiro atoms. The van der Waals surface area contributed by atoms with E-state index in [-0.39, 0.29) is 28.9 Å². The van der Waals surface area contributed by atoms with Gasteiger partial charge in [0.05, 0.1) is 16.6 Å². The van der Waals surface area contributed by atoms with Gasteiger partial charge < -0.3 is 10.1 Å². The number of ether oxygens (including phenoxy) is 1. The highest BCUT2D eigenvalue weighted by molar-refractivity contribution is 7.89. The molecule has 0 aromatic heterocycles. The van der Waals surface area contributed by atoms with Crippen LogP contribution < -0.4 is 10.0 Å². The van der Waals surface area contributed by atoms with Crippen molar-refractivity contribution in [2.75, 3.05) is 19.6 Å². The highest BCUT2D eigenvalue weighted by atomic mass is 32.2. The van der Waals surface area contributed by atoms with E-state index in [0.717, 1.165) is 24.9 Å². The number of carbonyl (C=O) groups is 1. The van der Waals surface area contributed by atoms with Crippen LogP contribution in [-0.2, 0) is 21.2 Å². The second-order valence-corrected chi connectivity index (χ2v) is 8.77. The molecule has 1 aromatic carbocycles. The summed E-state index contributed by atoms with van der Waals surface area (Å²) in [7, 11) is -3.64. The van der Waals surface area contributed by atoms with Crippen molar-refractivity contribution in [3.05, 3.63) is 29.3 Å². The minimum Gasteiger partial charge on any atom is -0.368 e. The fraction of sp³-hybridized carbons (Fsp3) is 0.588. The minimum atomic E-state index is -3.64. The first-order valence-corrected chi connectivity index (χ1v) is 10.0. The Balaban J connectivity index is 1.44. The molecular formula is C17H22N2O4S. The molecule has 0 amide bonds. The van der Waals surface area contributed by atoms with Crippen molar-refractivity contribution in [1.29, 1.82) is 0 Å². The van der Waals surface area contributed by atoms with Crippen molar-refractivity contribution < 1.29 is 17.9 Å². The van der Waals surface area contributed by atoms with Gasteiger partial charge in [0.2, 0.25) is 10.0 Å². The van der Waals surface area contributed by atoms with Crippen molar-refractivity contribution in [3.63, 3.8) is 0 Å². The number of rotatable bonds is 4.